The van der Waals surface area contributed by atoms with Crippen LogP contribution in [-0.4, -0.2) is 44.1 Å². The normalized spacial score (nSPS) is 14.1. The van der Waals surface area contributed by atoms with Crippen LogP contribution in [0, 0.1) is 17.0 Å². The van der Waals surface area contributed by atoms with Gasteiger partial charge in [-0.1, -0.05) is 28.1 Å². The predicted octanol–water partition coefficient (Wildman–Crippen LogP) is 5.59. The second-order valence-electron chi connectivity index (χ2n) is 9.11. The molecule has 1 aliphatic rings. The van der Waals surface area contributed by atoms with Crippen LogP contribution in [0.4, 0.5) is 11.4 Å². The molecule has 2 aromatic carbocycles. The van der Waals surface area contributed by atoms with Gasteiger partial charge in [-0.3, -0.25) is 19.7 Å². The first-order valence-corrected chi connectivity index (χ1v) is 12.7. The molecule has 5 rings (SSSR count). The first-order chi connectivity index (χ1) is 17.8. The summed E-state index contributed by atoms with van der Waals surface area (Å²) in [6, 6.07) is 16.3. The van der Waals surface area contributed by atoms with Crippen molar-refractivity contribution in [3.63, 3.8) is 0 Å². The lowest BCUT2D eigenvalue weighted by atomic mass is 9.89. The fraction of sp³-hybridized carbons (Fsp3) is 0.222. The van der Waals surface area contributed by atoms with E-state index in [1.165, 1.54) is 6.07 Å². The number of hydrogen-bond donors (Lipinski definition) is 1. The van der Waals surface area contributed by atoms with E-state index >= 15 is 0 Å². The van der Waals surface area contributed by atoms with Gasteiger partial charge in [-0.05, 0) is 67.6 Å². The summed E-state index contributed by atoms with van der Waals surface area (Å²) in [6.07, 6.45) is 5.23. The third-order valence-electron chi connectivity index (χ3n) is 6.85. The van der Waals surface area contributed by atoms with Gasteiger partial charge >= 0.3 is 0 Å². The topological polar surface area (TPSA) is 110 Å². The zero-order chi connectivity index (χ0) is 26.1. The molecular weight excluding hydrogens is 538 g/mol. The number of amides is 2. The molecular formula is C27H24BrN5O4. The number of hydrogen-bond acceptors (Lipinski definition) is 5. The van der Waals surface area contributed by atoms with Crippen LogP contribution in [0.3, 0.4) is 0 Å². The molecule has 1 aliphatic heterocycles. The minimum Gasteiger partial charge on any atom is -0.337 e. The molecule has 0 spiro atoms. The summed E-state index contributed by atoms with van der Waals surface area (Å²) in [6.45, 7) is 2.86. The smallest absolute Gasteiger partial charge is 0.274 e. The molecule has 2 aromatic heterocycles. The molecule has 0 unspecified atom stereocenters. The van der Waals surface area contributed by atoms with Crippen molar-refractivity contribution in [1.29, 1.82) is 0 Å². The number of benzene rings is 2. The minimum absolute atomic E-state index is 0.0525. The van der Waals surface area contributed by atoms with Crippen molar-refractivity contribution < 1.29 is 14.5 Å². The maximum atomic E-state index is 12.9. The molecule has 0 bridgehead atoms. The van der Waals surface area contributed by atoms with Crippen LogP contribution >= 0.6 is 15.9 Å². The zero-order valence-corrected chi connectivity index (χ0v) is 21.6. The largest absolute Gasteiger partial charge is 0.337 e. The van der Waals surface area contributed by atoms with E-state index in [9.17, 15) is 19.7 Å². The predicted molar refractivity (Wildman–Crippen MR) is 143 cm³/mol. The van der Waals surface area contributed by atoms with Crippen LogP contribution in [0.15, 0.2) is 71.6 Å². The molecule has 10 heteroatoms. The van der Waals surface area contributed by atoms with Gasteiger partial charge in [-0.25, -0.2) is 4.98 Å². The van der Waals surface area contributed by atoms with E-state index in [1.807, 2.05) is 58.0 Å². The molecule has 0 radical (unpaired) electrons. The Hall–Kier alpha value is -4.05. The number of nitrogens with one attached hydrogen (secondary N) is 1. The van der Waals surface area contributed by atoms with E-state index in [0.29, 0.717) is 40.4 Å². The maximum absolute atomic E-state index is 12.9. The van der Waals surface area contributed by atoms with Gasteiger partial charge in [0.1, 0.15) is 5.69 Å². The Labute approximate surface area is 221 Å². The van der Waals surface area contributed by atoms with E-state index in [-0.39, 0.29) is 17.2 Å². The third kappa shape index (κ3) is 5.10. The first-order valence-electron chi connectivity index (χ1n) is 11.9. The van der Waals surface area contributed by atoms with Gasteiger partial charge in [0.2, 0.25) is 0 Å². The van der Waals surface area contributed by atoms with E-state index in [4.69, 9.17) is 0 Å². The molecule has 188 valence electrons. The fourth-order valence-corrected chi connectivity index (χ4v) is 5.20. The summed E-state index contributed by atoms with van der Waals surface area (Å²) < 4.78 is 2.34. The Balaban J connectivity index is 1.21. The molecule has 0 aliphatic carbocycles. The molecule has 4 aromatic rings. The van der Waals surface area contributed by atoms with Gasteiger partial charge in [0.05, 0.1) is 16.8 Å². The molecule has 1 saturated heterocycles. The monoisotopic (exact) mass is 561 g/mol. The van der Waals surface area contributed by atoms with Crippen molar-refractivity contribution in [1.82, 2.24) is 14.3 Å². The summed E-state index contributed by atoms with van der Waals surface area (Å²) in [7, 11) is 0. The summed E-state index contributed by atoms with van der Waals surface area (Å²) >= 11 is 3.24. The van der Waals surface area contributed by atoms with Gasteiger partial charge in [0.25, 0.3) is 17.5 Å². The number of likely N-dealkylation sites (tertiary alicyclic amines) is 1. The molecule has 2 amide bonds. The average molecular weight is 562 g/mol. The number of fused-ring (bicyclic) bond motifs is 1. The standard InChI is InChI=1S/C27H24BrN5O4/c1-17-23(13-20(28)14-25(17)33(36)37)26(34)30-21-6-4-18(5-7-21)19-8-11-31(12-9-19)27(35)24-15-22-3-2-10-32(22)16-29-24/h2-7,10,13-16,19H,8-9,11-12H2,1H3,(H,30,34). The van der Waals surface area contributed by atoms with Crippen LogP contribution in [0.25, 0.3) is 5.52 Å². The molecule has 1 fully saturated rings. The Morgan fingerprint density at radius 2 is 1.84 bits per heavy atom. The number of rotatable bonds is 5. The Kier molecular flexibility index (Phi) is 6.75. The van der Waals surface area contributed by atoms with Gasteiger partial charge in [0, 0.05) is 46.6 Å². The minimum atomic E-state index is -0.498. The van der Waals surface area contributed by atoms with Crippen LogP contribution in [0.1, 0.15) is 50.7 Å². The van der Waals surface area contributed by atoms with E-state index < -0.39 is 10.8 Å². The van der Waals surface area contributed by atoms with E-state index in [2.05, 4.69) is 26.2 Å². The number of carbonyl (C=O) groups excluding carboxylic acids is 2. The maximum Gasteiger partial charge on any atom is 0.274 e. The highest BCUT2D eigenvalue weighted by Gasteiger charge is 2.26. The zero-order valence-electron chi connectivity index (χ0n) is 20.1. The fourth-order valence-electron chi connectivity index (χ4n) is 4.76. The second kappa shape index (κ2) is 10.1. The highest BCUT2D eigenvalue weighted by atomic mass is 79.9. The van der Waals surface area contributed by atoms with E-state index in [0.717, 1.165) is 23.9 Å². The number of nitro groups is 1. The van der Waals surface area contributed by atoms with Crippen molar-refractivity contribution in [3.05, 3.63) is 104 Å². The third-order valence-corrected chi connectivity index (χ3v) is 7.30. The number of aromatic nitrogens is 2. The number of anilines is 1. The lowest BCUT2D eigenvalue weighted by Crippen LogP contribution is -2.38. The Morgan fingerprint density at radius 3 is 2.54 bits per heavy atom. The summed E-state index contributed by atoms with van der Waals surface area (Å²) in [4.78, 5) is 42.7. The van der Waals surface area contributed by atoms with Crippen LogP contribution in [-0.2, 0) is 0 Å². The van der Waals surface area contributed by atoms with Crippen LogP contribution in [0.2, 0.25) is 0 Å². The summed E-state index contributed by atoms with van der Waals surface area (Å²) in [5, 5.41) is 14.1. The Morgan fingerprint density at radius 1 is 1.11 bits per heavy atom. The van der Waals surface area contributed by atoms with Crippen molar-refractivity contribution in [3.8, 4) is 0 Å². The van der Waals surface area contributed by atoms with Crippen LogP contribution < -0.4 is 5.32 Å². The van der Waals surface area contributed by atoms with Gasteiger partial charge < -0.3 is 14.6 Å². The SMILES string of the molecule is Cc1c(C(=O)Nc2ccc(C3CCN(C(=O)c4cc5cccn5cn4)CC3)cc2)cc(Br)cc1[N+](=O)[O-]. The van der Waals surface area contributed by atoms with E-state index in [1.54, 1.807) is 19.3 Å². The lowest BCUT2D eigenvalue weighted by Gasteiger charge is -2.32. The number of nitrogens with zero attached hydrogens (tertiary/aromatic N) is 4. The highest BCUT2D eigenvalue weighted by Crippen LogP contribution is 2.30. The molecule has 1 N–H and O–H groups in total. The number of piperidine rings is 1. The van der Waals surface area contributed by atoms with Crippen LogP contribution in [0.5, 0.6) is 0 Å². The molecule has 3 heterocycles. The molecule has 0 saturated carbocycles. The highest BCUT2D eigenvalue weighted by molar-refractivity contribution is 9.10. The second-order valence-corrected chi connectivity index (χ2v) is 10.0. The van der Waals surface area contributed by atoms with Crippen molar-refractivity contribution >= 4 is 44.6 Å². The Bertz CT molecular complexity index is 1510. The van der Waals surface area contributed by atoms with Gasteiger partial charge in [-0.15, -0.1) is 0 Å². The molecule has 9 nitrogen and oxygen atoms in total. The number of carbonyl (C=O) groups is 2. The van der Waals surface area contributed by atoms with Crippen molar-refractivity contribution in [2.75, 3.05) is 18.4 Å². The summed E-state index contributed by atoms with van der Waals surface area (Å²) in [5.41, 5.74) is 3.59. The quantitative estimate of drug-likeness (QED) is 0.252. The van der Waals surface area contributed by atoms with Gasteiger partial charge in [-0.2, -0.15) is 0 Å². The van der Waals surface area contributed by atoms with Gasteiger partial charge in [0.15, 0.2) is 0 Å². The van der Waals surface area contributed by atoms with Crippen molar-refractivity contribution in [2.24, 2.45) is 0 Å². The molecule has 37 heavy (non-hydrogen) atoms. The summed E-state index contributed by atoms with van der Waals surface area (Å²) in [5.74, 6) is -0.151. The average Bonchev–Trinajstić information content (AvgIpc) is 3.38. The molecule has 0 atom stereocenters. The first kappa shape index (κ1) is 24.6. The number of nitro benzene ring substituents is 1. The number of halogens is 1. The lowest BCUT2D eigenvalue weighted by molar-refractivity contribution is -0.385. The van der Waals surface area contributed by atoms with Crippen molar-refractivity contribution in [2.45, 2.75) is 25.7 Å².